The van der Waals surface area contributed by atoms with Crippen LogP contribution in [0.4, 0.5) is 5.69 Å². The van der Waals surface area contributed by atoms with Gasteiger partial charge in [-0.3, -0.25) is 4.79 Å². The molecule has 0 unspecified atom stereocenters. The molecule has 1 amide bonds. The number of carbonyl (C=O) groups excluding carboxylic acids is 1. The SMILES string of the molecule is CC(C)CC(=O)Nc1ccc(-c2nnc(-c3ccccc3)o2)cc1. The largest absolute Gasteiger partial charge is 0.416 e. The van der Waals surface area contributed by atoms with Crippen molar-refractivity contribution in [1.82, 2.24) is 10.2 Å². The molecule has 3 aromatic rings. The maximum absolute atomic E-state index is 11.8. The van der Waals surface area contributed by atoms with Gasteiger partial charge in [-0.25, -0.2) is 0 Å². The Hall–Kier alpha value is -2.95. The summed E-state index contributed by atoms with van der Waals surface area (Å²) in [7, 11) is 0. The van der Waals surface area contributed by atoms with E-state index in [0.29, 0.717) is 24.1 Å². The Morgan fingerprint density at radius 3 is 2.12 bits per heavy atom. The molecule has 0 aliphatic rings. The second kappa shape index (κ2) is 7.08. The zero-order chi connectivity index (χ0) is 16.9. The van der Waals surface area contributed by atoms with Crippen molar-refractivity contribution in [3.8, 4) is 22.9 Å². The first-order chi connectivity index (χ1) is 11.6. The monoisotopic (exact) mass is 321 g/mol. The lowest BCUT2D eigenvalue weighted by Crippen LogP contribution is -2.13. The van der Waals surface area contributed by atoms with Gasteiger partial charge in [0, 0.05) is 23.2 Å². The number of nitrogens with zero attached hydrogens (tertiary/aromatic N) is 2. The number of aromatic nitrogens is 2. The third kappa shape index (κ3) is 3.87. The summed E-state index contributed by atoms with van der Waals surface area (Å²) in [6.45, 7) is 4.03. The third-order valence-electron chi connectivity index (χ3n) is 3.45. The summed E-state index contributed by atoms with van der Waals surface area (Å²) in [4.78, 5) is 11.8. The summed E-state index contributed by atoms with van der Waals surface area (Å²) in [5.41, 5.74) is 2.45. The van der Waals surface area contributed by atoms with Crippen LogP contribution in [0.25, 0.3) is 22.9 Å². The Morgan fingerprint density at radius 1 is 0.958 bits per heavy atom. The number of anilines is 1. The van der Waals surface area contributed by atoms with Crippen molar-refractivity contribution in [1.29, 1.82) is 0 Å². The van der Waals surface area contributed by atoms with Gasteiger partial charge in [0.2, 0.25) is 17.7 Å². The second-order valence-electron chi connectivity index (χ2n) is 6.00. The van der Waals surface area contributed by atoms with Crippen LogP contribution in [-0.2, 0) is 4.79 Å². The van der Waals surface area contributed by atoms with E-state index in [-0.39, 0.29) is 5.91 Å². The van der Waals surface area contributed by atoms with Crippen LogP contribution in [0, 0.1) is 5.92 Å². The first-order valence-electron chi connectivity index (χ1n) is 7.91. The fourth-order valence-electron chi connectivity index (χ4n) is 2.32. The van der Waals surface area contributed by atoms with Gasteiger partial charge in [-0.15, -0.1) is 10.2 Å². The molecule has 2 aromatic carbocycles. The lowest BCUT2D eigenvalue weighted by molar-refractivity contribution is -0.116. The average Bonchev–Trinajstić information content (AvgIpc) is 3.05. The molecule has 0 aliphatic carbocycles. The molecule has 0 atom stereocenters. The highest BCUT2D eigenvalue weighted by Gasteiger charge is 2.11. The van der Waals surface area contributed by atoms with Gasteiger partial charge in [-0.2, -0.15) is 0 Å². The standard InChI is InChI=1S/C19H19N3O2/c1-13(2)12-17(23)20-16-10-8-15(9-11-16)19-22-21-18(24-19)14-6-4-3-5-7-14/h3-11,13H,12H2,1-2H3,(H,20,23). The Bertz CT molecular complexity index is 808. The minimum Gasteiger partial charge on any atom is -0.416 e. The first-order valence-corrected chi connectivity index (χ1v) is 7.91. The molecule has 1 N–H and O–H groups in total. The second-order valence-corrected chi connectivity index (χ2v) is 6.00. The number of hydrogen-bond donors (Lipinski definition) is 1. The van der Waals surface area contributed by atoms with E-state index < -0.39 is 0 Å². The summed E-state index contributed by atoms with van der Waals surface area (Å²) in [6, 6.07) is 17.0. The molecule has 3 rings (SSSR count). The Balaban J connectivity index is 1.72. The van der Waals surface area contributed by atoms with Crippen LogP contribution < -0.4 is 5.32 Å². The summed E-state index contributed by atoms with van der Waals surface area (Å²) < 4.78 is 5.72. The van der Waals surface area contributed by atoms with Gasteiger partial charge in [-0.05, 0) is 42.3 Å². The van der Waals surface area contributed by atoms with Gasteiger partial charge < -0.3 is 9.73 Å². The molecule has 0 aliphatic heterocycles. The maximum atomic E-state index is 11.8. The number of hydrogen-bond acceptors (Lipinski definition) is 4. The van der Waals surface area contributed by atoms with Crippen molar-refractivity contribution in [2.75, 3.05) is 5.32 Å². The van der Waals surface area contributed by atoms with Gasteiger partial charge >= 0.3 is 0 Å². The quantitative estimate of drug-likeness (QED) is 0.757. The molecule has 0 spiro atoms. The van der Waals surface area contributed by atoms with Crippen molar-refractivity contribution >= 4 is 11.6 Å². The van der Waals surface area contributed by atoms with Crippen LogP contribution in [0.1, 0.15) is 20.3 Å². The van der Waals surface area contributed by atoms with Gasteiger partial charge in [0.15, 0.2) is 0 Å². The number of amides is 1. The molecule has 0 saturated heterocycles. The predicted molar refractivity (Wildman–Crippen MR) is 93.3 cm³/mol. The van der Waals surface area contributed by atoms with E-state index in [2.05, 4.69) is 15.5 Å². The highest BCUT2D eigenvalue weighted by molar-refractivity contribution is 5.91. The van der Waals surface area contributed by atoms with Crippen LogP contribution in [0.5, 0.6) is 0 Å². The topological polar surface area (TPSA) is 68.0 Å². The number of benzene rings is 2. The Morgan fingerprint density at radius 2 is 1.54 bits per heavy atom. The normalized spacial score (nSPS) is 10.8. The number of rotatable bonds is 5. The van der Waals surface area contributed by atoms with E-state index in [1.807, 2.05) is 68.4 Å². The highest BCUT2D eigenvalue weighted by atomic mass is 16.4. The molecule has 122 valence electrons. The summed E-state index contributed by atoms with van der Waals surface area (Å²) in [5.74, 6) is 1.29. The molecule has 1 aromatic heterocycles. The Kier molecular flexibility index (Phi) is 4.70. The fraction of sp³-hybridized carbons (Fsp3) is 0.211. The molecule has 1 heterocycles. The Labute approximate surface area is 140 Å². The van der Waals surface area contributed by atoms with Crippen LogP contribution in [0.3, 0.4) is 0 Å². The zero-order valence-electron chi connectivity index (χ0n) is 13.7. The molecule has 0 bridgehead atoms. The van der Waals surface area contributed by atoms with Gasteiger partial charge in [0.1, 0.15) is 0 Å². The first kappa shape index (κ1) is 15.9. The fourth-order valence-corrected chi connectivity index (χ4v) is 2.32. The summed E-state index contributed by atoms with van der Waals surface area (Å²) in [6.07, 6.45) is 0.506. The van der Waals surface area contributed by atoms with Crippen molar-refractivity contribution in [2.24, 2.45) is 5.92 Å². The van der Waals surface area contributed by atoms with Gasteiger partial charge in [-0.1, -0.05) is 32.0 Å². The molecular formula is C19H19N3O2. The van der Waals surface area contributed by atoms with Gasteiger partial charge in [0.25, 0.3) is 0 Å². The van der Waals surface area contributed by atoms with E-state index in [0.717, 1.165) is 16.8 Å². The number of carbonyl (C=O) groups is 1. The van der Waals surface area contributed by atoms with E-state index in [9.17, 15) is 4.79 Å². The smallest absolute Gasteiger partial charge is 0.248 e. The highest BCUT2D eigenvalue weighted by Crippen LogP contribution is 2.24. The average molecular weight is 321 g/mol. The van der Waals surface area contributed by atoms with Crippen LogP contribution in [0.2, 0.25) is 0 Å². The van der Waals surface area contributed by atoms with Crippen LogP contribution in [-0.4, -0.2) is 16.1 Å². The lowest BCUT2D eigenvalue weighted by atomic mass is 10.1. The molecule has 0 fully saturated rings. The van der Waals surface area contributed by atoms with Gasteiger partial charge in [0.05, 0.1) is 0 Å². The minimum atomic E-state index is 0.0157. The zero-order valence-corrected chi connectivity index (χ0v) is 13.7. The van der Waals surface area contributed by atoms with E-state index in [1.54, 1.807) is 0 Å². The molecule has 5 heteroatoms. The van der Waals surface area contributed by atoms with Crippen LogP contribution in [0.15, 0.2) is 59.0 Å². The molecule has 0 radical (unpaired) electrons. The van der Waals surface area contributed by atoms with Crippen molar-refractivity contribution in [2.45, 2.75) is 20.3 Å². The van der Waals surface area contributed by atoms with E-state index in [1.165, 1.54) is 0 Å². The van der Waals surface area contributed by atoms with E-state index >= 15 is 0 Å². The molecule has 24 heavy (non-hydrogen) atoms. The van der Waals surface area contributed by atoms with Crippen molar-refractivity contribution < 1.29 is 9.21 Å². The lowest BCUT2D eigenvalue weighted by Gasteiger charge is -2.07. The maximum Gasteiger partial charge on any atom is 0.248 e. The van der Waals surface area contributed by atoms with Crippen LogP contribution >= 0.6 is 0 Å². The molecule has 0 saturated carbocycles. The third-order valence-corrected chi connectivity index (χ3v) is 3.45. The predicted octanol–water partition coefficient (Wildman–Crippen LogP) is 4.39. The summed E-state index contributed by atoms with van der Waals surface area (Å²) in [5, 5.41) is 11.0. The van der Waals surface area contributed by atoms with Crippen molar-refractivity contribution in [3.05, 3.63) is 54.6 Å². The number of nitrogens with one attached hydrogen (secondary N) is 1. The van der Waals surface area contributed by atoms with Crippen molar-refractivity contribution in [3.63, 3.8) is 0 Å². The summed E-state index contributed by atoms with van der Waals surface area (Å²) >= 11 is 0. The molecule has 5 nitrogen and oxygen atoms in total. The van der Waals surface area contributed by atoms with E-state index in [4.69, 9.17) is 4.42 Å². The minimum absolute atomic E-state index is 0.0157. The molecular weight excluding hydrogens is 302 g/mol.